The molecule has 4 aliphatic carbocycles. The number of nitriles is 1. The highest BCUT2D eigenvalue weighted by Gasteiger charge is 2.48. The lowest BCUT2D eigenvalue weighted by molar-refractivity contribution is -0.114. The van der Waals surface area contributed by atoms with Gasteiger partial charge in [-0.3, -0.25) is 24.0 Å². The van der Waals surface area contributed by atoms with E-state index in [-0.39, 0.29) is 51.2 Å². The molecule has 25 nitrogen and oxygen atoms in total. The van der Waals surface area contributed by atoms with Crippen LogP contribution in [0.2, 0.25) is 0 Å². The molecule has 20 rings (SSSR count). The fraction of sp³-hybridized carbons (Fsp3) is 0.314. The van der Waals surface area contributed by atoms with Crippen LogP contribution in [0, 0.1) is 18.3 Å². The maximum Gasteiger partial charge on any atom is 0.254 e. The number of ether oxygens (including phenoxy) is 2. The fourth-order valence-corrected chi connectivity index (χ4v) is 20.5. The van der Waals surface area contributed by atoms with Gasteiger partial charge >= 0.3 is 0 Å². The Kier molecular flexibility index (Phi) is 24.2. The SMILES string of the molecule is CNc1ncc2c(n1)-c1ccccc1C1(CCN(C(=O)c3ccc(NC(C)=O)cc3)CC1)C2.CNc1ncc2c(n1)-c1ccccc1C1(CCN(C(=O)c3ccc(OC)c(OC)c3)CC1)C2.CNc1ncc2c(n1)-c1ccccc1C1(CCN(C(=O)c3cccc(C#N)c3)CC1)C2.CNc1ncc2c(n1)-c1ccccc1C1(CCN(C(=O)c3ccccc3C)CC1)C2. The molecule has 0 saturated carbocycles. The third-order valence-electron chi connectivity index (χ3n) is 27.2. The van der Waals surface area contributed by atoms with Crippen LogP contribution in [-0.2, 0) is 52.1 Å². The molecule has 644 valence electrons. The molecule has 25 heteroatoms. The monoisotopic (exact) mass is 1690 g/mol. The maximum atomic E-state index is 13.3. The summed E-state index contributed by atoms with van der Waals surface area (Å²) in [5.41, 5.74) is 23.7. The Bertz CT molecular complexity index is 6240. The Morgan fingerprint density at radius 3 is 1.03 bits per heavy atom. The number of rotatable bonds is 11. The molecule has 12 aromatic rings. The number of aromatic nitrogens is 8. The lowest BCUT2D eigenvalue weighted by Gasteiger charge is -2.45. The second-order valence-electron chi connectivity index (χ2n) is 34.3. The molecule has 4 aromatic heterocycles. The van der Waals surface area contributed by atoms with Gasteiger partial charge in [0.1, 0.15) is 0 Å². The van der Waals surface area contributed by atoms with E-state index in [1.165, 1.54) is 73.7 Å². The molecule has 8 heterocycles. The number of anilines is 5. The average Bonchev–Trinajstić information content (AvgIpc) is 0.749. The fourth-order valence-electron chi connectivity index (χ4n) is 20.5. The lowest BCUT2D eigenvalue weighted by Crippen LogP contribution is -2.47. The molecule has 0 bridgehead atoms. The van der Waals surface area contributed by atoms with Crippen LogP contribution in [0.25, 0.3) is 45.0 Å². The van der Waals surface area contributed by atoms with E-state index in [1.54, 1.807) is 80.9 Å². The number of methoxy groups -OCH3 is 2. The van der Waals surface area contributed by atoms with Gasteiger partial charge in [-0.25, -0.2) is 39.9 Å². The van der Waals surface area contributed by atoms with Crippen molar-refractivity contribution in [1.82, 2.24) is 59.5 Å². The van der Waals surface area contributed by atoms with Crippen molar-refractivity contribution in [3.63, 3.8) is 0 Å². The highest BCUT2D eigenvalue weighted by atomic mass is 16.5. The molecule has 0 unspecified atom stereocenters. The number of fused-ring (bicyclic) bond motifs is 16. The van der Waals surface area contributed by atoms with Crippen LogP contribution in [-0.4, -0.2) is 184 Å². The van der Waals surface area contributed by atoms with Gasteiger partial charge in [0.25, 0.3) is 23.6 Å². The second-order valence-corrected chi connectivity index (χ2v) is 34.3. The van der Waals surface area contributed by atoms with Gasteiger partial charge < -0.3 is 55.7 Å². The number of hydrogen-bond donors (Lipinski definition) is 5. The number of hydrogen-bond acceptors (Lipinski definition) is 20. The summed E-state index contributed by atoms with van der Waals surface area (Å²) >= 11 is 0. The van der Waals surface area contributed by atoms with Crippen LogP contribution in [0.4, 0.5) is 29.5 Å². The number of aryl methyl sites for hydroxylation is 1. The molecule has 4 spiro atoms. The summed E-state index contributed by atoms with van der Waals surface area (Å²) in [7, 11) is 10.5. The Balaban J connectivity index is 0.000000119. The van der Waals surface area contributed by atoms with Crippen molar-refractivity contribution in [3.8, 4) is 62.6 Å². The molecular formula is C102H104N18O7. The zero-order valence-corrected chi connectivity index (χ0v) is 73.0. The molecular weight excluding hydrogens is 1590 g/mol. The van der Waals surface area contributed by atoms with Crippen molar-refractivity contribution in [2.75, 3.05) is 121 Å². The van der Waals surface area contributed by atoms with Gasteiger partial charge in [0, 0.05) is 184 Å². The summed E-state index contributed by atoms with van der Waals surface area (Å²) in [5.74, 6) is 3.80. The van der Waals surface area contributed by atoms with Crippen LogP contribution in [0.3, 0.4) is 0 Å². The minimum absolute atomic E-state index is 0.00144. The molecule has 4 aliphatic heterocycles. The standard InChI is InChI=1S/C26H27N5O2.C26H28N4O3.C25H23N5O.C25H26N4O/c1-17(32)29-20-9-7-18(8-10-20)24(33)31-13-11-26(12-14-31)15-19-16-28-25(27-2)30-23(19)21-5-3-4-6-22(21)26;1-27-25-28-16-18-15-26(20-7-5-4-6-19(20)23(18)29-25)10-12-30(13-11-26)24(31)17-8-9-21(32-2)22(14-17)33-3;1-27-24-28-16-19-14-25(21-8-3-2-7-20(21)22(19)29-24)9-11-30(12-10-25)23(31)18-6-4-5-17(13-18)15-26;1-17-7-3-4-8-19(17)23(30)29-13-11-25(12-14-29)15-18-16-27-24(26-2)28-22(18)20-9-5-6-10-21(20)25/h3-10,16H,11-15H2,1-2H3,(H,29,32)(H,27,28,30);4-9,14,16H,10-13,15H2,1-3H3,(H,27,28,29);2-8,13,16H,9-12,14H2,1H3,(H,27,28,29);3-10,16H,11-15H2,1-2H3,(H,26,27,28). The molecule has 8 aromatic carbocycles. The van der Waals surface area contributed by atoms with E-state index in [4.69, 9.17) is 34.7 Å². The Morgan fingerprint density at radius 1 is 0.370 bits per heavy atom. The normalized spacial score (nSPS) is 16.2. The number of piperidine rings is 4. The van der Waals surface area contributed by atoms with Crippen LogP contribution in [0.15, 0.2) is 213 Å². The summed E-state index contributed by atoms with van der Waals surface area (Å²) in [6.45, 7) is 9.19. The maximum absolute atomic E-state index is 13.3. The van der Waals surface area contributed by atoms with Crippen molar-refractivity contribution >= 4 is 59.0 Å². The van der Waals surface area contributed by atoms with Gasteiger partial charge in [-0.05, 0) is 201 Å². The summed E-state index contributed by atoms with van der Waals surface area (Å²) in [4.78, 5) is 108. The van der Waals surface area contributed by atoms with E-state index >= 15 is 0 Å². The zero-order valence-electron chi connectivity index (χ0n) is 73.0. The van der Waals surface area contributed by atoms with Crippen molar-refractivity contribution in [2.45, 2.75) is 113 Å². The molecule has 0 atom stereocenters. The average molecular weight is 1690 g/mol. The Morgan fingerprint density at radius 2 is 0.693 bits per heavy atom. The first-order valence-electron chi connectivity index (χ1n) is 43.7. The number of nitrogens with zero attached hydrogens (tertiary/aromatic N) is 13. The predicted molar refractivity (Wildman–Crippen MR) is 493 cm³/mol. The second kappa shape index (κ2) is 36.1. The van der Waals surface area contributed by atoms with E-state index in [2.05, 4.69) is 150 Å². The van der Waals surface area contributed by atoms with E-state index in [0.717, 1.165) is 124 Å². The van der Waals surface area contributed by atoms with E-state index in [0.29, 0.717) is 103 Å². The topological polar surface area (TPSA) is 304 Å². The number of amides is 5. The van der Waals surface area contributed by atoms with Gasteiger partial charge in [-0.2, -0.15) is 5.26 Å². The van der Waals surface area contributed by atoms with Crippen LogP contribution < -0.4 is 36.1 Å². The van der Waals surface area contributed by atoms with Crippen molar-refractivity contribution in [2.24, 2.45) is 0 Å². The van der Waals surface area contributed by atoms with Gasteiger partial charge in [0.2, 0.25) is 29.7 Å². The summed E-state index contributed by atoms with van der Waals surface area (Å²) < 4.78 is 10.7. The van der Waals surface area contributed by atoms with E-state index in [1.807, 2.05) is 104 Å². The van der Waals surface area contributed by atoms with Crippen LogP contribution in [0.1, 0.15) is 155 Å². The smallest absolute Gasteiger partial charge is 0.254 e. The molecule has 0 radical (unpaired) electrons. The Labute approximate surface area is 740 Å². The summed E-state index contributed by atoms with van der Waals surface area (Å²) in [6, 6.07) is 63.6. The third-order valence-corrected chi connectivity index (χ3v) is 27.2. The first-order chi connectivity index (χ1) is 61.8. The lowest BCUT2D eigenvalue weighted by atomic mass is 9.64. The van der Waals surface area contributed by atoms with Crippen molar-refractivity contribution in [3.05, 3.63) is 291 Å². The highest BCUT2D eigenvalue weighted by molar-refractivity contribution is 5.98. The highest BCUT2D eigenvalue weighted by Crippen LogP contribution is 2.53. The quantitative estimate of drug-likeness (QED) is 0.0803. The van der Waals surface area contributed by atoms with Gasteiger partial charge in [-0.1, -0.05) is 121 Å². The number of benzene rings is 8. The van der Waals surface area contributed by atoms with Crippen molar-refractivity contribution in [1.29, 1.82) is 5.26 Å². The number of carbonyl (C=O) groups excluding carboxylic acids is 5. The summed E-state index contributed by atoms with van der Waals surface area (Å²) in [6.07, 6.45) is 18.7. The molecule has 8 aliphatic rings. The minimum Gasteiger partial charge on any atom is -0.493 e. The van der Waals surface area contributed by atoms with Crippen LogP contribution in [0.5, 0.6) is 11.5 Å². The predicted octanol–water partition coefficient (Wildman–Crippen LogP) is 15.8. The largest absolute Gasteiger partial charge is 0.493 e. The van der Waals surface area contributed by atoms with E-state index in [9.17, 15) is 24.0 Å². The van der Waals surface area contributed by atoms with E-state index < -0.39 is 0 Å². The van der Waals surface area contributed by atoms with Gasteiger partial charge in [-0.15, -0.1) is 0 Å². The number of nitrogens with one attached hydrogen (secondary N) is 5. The van der Waals surface area contributed by atoms with Crippen LogP contribution >= 0.6 is 0 Å². The molecule has 5 amide bonds. The number of likely N-dealkylation sites (tertiary alicyclic amines) is 4. The first kappa shape index (κ1) is 84.9. The number of carbonyl (C=O) groups is 5. The molecule has 127 heavy (non-hydrogen) atoms. The van der Waals surface area contributed by atoms with Crippen molar-refractivity contribution < 1.29 is 33.4 Å². The molecule has 4 fully saturated rings. The first-order valence-corrected chi connectivity index (χ1v) is 43.7. The Hall–Kier alpha value is -14.3. The zero-order chi connectivity index (χ0) is 88.1. The summed E-state index contributed by atoms with van der Waals surface area (Å²) in [5, 5.41) is 24.0. The minimum atomic E-state index is -0.127. The third kappa shape index (κ3) is 16.7. The molecule has 4 saturated heterocycles. The van der Waals surface area contributed by atoms with Gasteiger partial charge in [0.05, 0.1) is 48.6 Å². The molecule has 5 N–H and O–H groups in total. The van der Waals surface area contributed by atoms with Gasteiger partial charge in [0.15, 0.2) is 11.5 Å².